The molecule has 0 fully saturated rings. The number of carbonyl (C=O) groups excluding carboxylic acids is 1. The van der Waals surface area contributed by atoms with Crippen LogP contribution in [0.25, 0.3) is 0 Å². The van der Waals surface area contributed by atoms with Gasteiger partial charge in [0.25, 0.3) is 0 Å². The maximum atomic E-state index is 12.2. The topological polar surface area (TPSA) is 67.8 Å². The van der Waals surface area contributed by atoms with Crippen LogP contribution < -0.4 is 14.8 Å². The second kappa shape index (κ2) is 13.1. The van der Waals surface area contributed by atoms with Crippen LogP contribution in [0.5, 0.6) is 11.5 Å². The van der Waals surface area contributed by atoms with Gasteiger partial charge in [0, 0.05) is 12.0 Å². The molecule has 1 atom stereocenters. The molecule has 154 valence electrons. The average molecular weight is 406 g/mol. The van der Waals surface area contributed by atoms with Gasteiger partial charge in [0.1, 0.15) is 13.2 Å². The van der Waals surface area contributed by atoms with Gasteiger partial charge in [0.15, 0.2) is 11.5 Å². The number of amides is 1. The minimum atomic E-state index is -0.0769. The molecule has 28 heavy (non-hydrogen) atoms. The third-order valence-corrected chi connectivity index (χ3v) is 4.85. The second-order valence-electron chi connectivity index (χ2n) is 5.79. The third-order valence-electron chi connectivity index (χ3n) is 3.83. The van der Waals surface area contributed by atoms with Gasteiger partial charge in [0.2, 0.25) is 5.91 Å². The molecule has 0 saturated carbocycles. The van der Waals surface area contributed by atoms with Crippen LogP contribution in [-0.4, -0.2) is 37.1 Å². The summed E-state index contributed by atoms with van der Waals surface area (Å²) in [6.07, 6.45) is 0. The first kappa shape index (κ1) is 23.9. The Balaban J connectivity index is 0.000000921. The van der Waals surface area contributed by atoms with Crippen LogP contribution >= 0.6 is 11.8 Å². The molecular weight excluding hydrogens is 374 g/mol. The fourth-order valence-corrected chi connectivity index (χ4v) is 3.19. The number of carbonyl (C=O) groups is 1. The molecule has 0 aliphatic carbocycles. The van der Waals surface area contributed by atoms with Crippen molar-refractivity contribution in [3.8, 4) is 11.5 Å². The summed E-state index contributed by atoms with van der Waals surface area (Å²) in [7, 11) is 1.00. The number of rotatable bonds is 5. The van der Waals surface area contributed by atoms with Gasteiger partial charge in [-0.2, -0.15) is 0 Å². The molecular formula is C22H31NO4S. The Hall–Kier alpha value is -2.18. The van der Waals surface area contributed by atoms with Gasteiger partial charge < -0.3 is 19.9 Å². The fraction of sp³-hybridized carbons (Fsp3) is 0.409. The van der Waals surface area contributed by atoms with Gasteiger partial charge in [-0.1, -0.05) is 37.6 Å². The molecule has 1 aliphatic rings. The normalized spacial score (nSPS) is 12.5. The molecule has 6 heteroatoms. The number of nitrogens with one attached hydrogen (secondary N) is 1. The van der Waals surface area contributed by atoms with Crippen molar-refractivity contribution >= 4 is 17.7 Å². The summed E-state index contributed by atoms with van der Waals surface area (Å²) < 4.78 is 11.1. The van der Waals surface area contributed by atoms with E-state index in [1.54, 1.807) is 11.8 Å². The zero-order chi connectivity index (χ0) is 20.9. The zero-order valence-electron chi connectivity index (χ0n) is 17.3. The van der Waals surface area contributed by atoms with Crippen molar-refractivity contribution in [3.05, 3.63) is 53.6 Å². The molecule has 5 nitrogen and oxygen atoms in total. The summed E-state index contributed by atoms with van der Waals surface area (Å²) in [6.45, 7) is 9.16. The Kier molecular flexibility index (Phi) is 11.1. The molecule has 1 unspecified atom stereocenters. The van der Waals surface area contributed by atoms with Gasteiger partial charge in [0.05, 0.1) is 11.8 Å². The van der Waals surface area contributed by atoms with Crippen molar-refractivity contribution in [2.75, 3.05) is 26.1 Å². The summed E-state index contributed by atoms with van der Waals surface area (Å²) in [5.74, 6) is 1.92. The molecule has 0 aromatic heterocycles. The van der Waals surface area contributed by atoms with E-state index >= 15 is 0 Å². The highest BCUT2D eigenvalue weighted by Gasteiger charge is 2.15. The van der Waals surface area contributed by atoms with Crippen LogP contribution in [0.3, 0.4) is 0 Å². The predicted molar refractivity (Wildman–Crippen MR) is 115 cm³/mol. The highest BCUT2D eigenvalue weighted by atomic mass is 32.2. The Labute approximate surface area is 172 Å². The van der Waals surface area contributed by atoms with E-state index in [1.165, 1.54) is 5.56 Å². The largest absolute Gasteiger partial charge is 0.486 e. The molecule has 0 spiro atoms. The fourth-order valence-electron chi connectivity index (χ4n) is 2.48. The van der Waals surface area contributed by atoms with Crippen molar-refractivity contribution < 1.29 is 19.4 Å². The van der Waals surface area contributed by atoms with Crippen LogP contribution in [0, 0.1) is 6.92 Å². The minimum absolute atomic E-state index is 0.0166. The third kappa shape index (κ3) is 7.44. The first-order valence-corrected chi connectivity index (χ1v) is 10.4. The number of aryl methyl sites for hydroxylation is 1. The Morgan fingerprint density at radius 3 is 2.32 bits per heavy atom. The Morgan fingerprint density at radius 1 is 1.07 bits per heavy atom. The summed E-state index contributed by atoms with van der Waals surface area (Å²) >= 11 is 1.54. The second-order valence-corrected chi connectivity index (χ2v) is 6.84. The Morgan fingerprint density at radius 2 is 1.68 bits per heavy atom. The standard InChI is InChI=1S/C19H21NO3S.C2H6.CH4O/c1-13-3-6-16(7-4-13)24-12-19(21)20-14(2)15-5-8-17-18(11-15)23-10-9-22-17;2*1-2/h3-8,11,14H,9-10,12H2,1-2H3,(H,20,21);1-2H3;2H,1H3. The molecule has 2 aromatic rings. The smallest absolute Gasteiger partial charge is 0.230 e. The molecule has 2 aromatic carbocycles. The summed E-state index contributed by atoms with van der Waals surface area (Å²) in [5.41, 5.74) is 2.23. The van der Waals surface area contributed by atoms with E-state index in [0.29, 0.717) is 19.0 Å². The van der Waals surface area contributed by atoms with Crippen molar-refractivity contribution in [1.82, 2.24) is 5.32 Å². The highest BCUT2D eigenvalue weighted by molar-refractivity contribution is 8.00. The van der Waals surface area contributed by atoms with E-state index in [9.17, 15) is 4.79 Å². The highest BCUT2D eigenvalue weighted by Crippen LogP contribution is 2.32. The zero-order valence-corrected chi connectivity index (χ0v) is 18.1. The van der Waals surface area contributed by atoms with Crippen LogP contribution in [0.4, 0.5) is 0 Å². The maximum absolute atomic E-state index is 12.2. The van der Waals surface area contributed by atoms with E-state index in [0.717, 1.165) is 29.1 Å². The lowest BCUT2D eigenvalue weighted by Crippen LogP contribution is -2.28. The summed E-state index contributed by atoms with van der Waals surface area (Å²) in [4.78, 5) is 13.3. The number of aliphatic hydroxyl groups is 1. The number of hydrogen-bond acceptors (Lipinski definition) is 5. The lowest BCUT2D eigenvalue weighted by Gasteiger charge is -2.21. The summed E-state index contributed by atoms with van der Waals surface area (Å²) in [5, 5.41) is 10.0. The molecule has 1 heterocycles. The number of benzene rings is 2. The van der Waals surface area contributed by atoms with Crippen molar-refractivity contribution in [2.45, 2.75) is 38.6 Å². The number of aliphatic hydroxyl groups excluding tert-OH is 1. The molecule has 1 amide bonds. The molecule has 2 N–H and O–H groups in total. The van der Waals surface area contributed by atoms with Crippen LogP contribution in [-0.2, 0) is 4.79 Å². The van der Waals surface area contributed by atoms with E-state index < -0.39 is 0 Å². The van der Waals surface area contributed by atoms with Gasteiger partial charge in [-0.3, -0.25) is 4.79 Å². The molecule has 0 bridgehead atoms. The maximum Gasteiger partial charge on any atom is 0.230 e. The van der Waals surface area contributed by atoms with Crippen LogP contribution in [0.2, 0.25) is 0 Å². The van der Waals surface area contributed by atoms with E-state index in [1.807, 2.05) is 51.1 Å². The van der Waals surface area contributed by atoms with Crippen LogP contribution in [0.15, 0.2) is 47.4 Å². The molecule has 1 aliphatic heterocycles. The van der Waals surface area contributed by atoms with Crippen molar-refractivity contribution in [3.63, 3.8) is 0 Å². The number of fused-ring (bicyclic) bond motifs is 1. The molecule has 0 radical (unpaired) electrons. The van der Waals surface area contributed by atoms with Crippen LogP contribution in [0.1, 0.15) is 37.9 Å². The number of ether oxygens (including phenoxy) is 2. The number of hydrogen-bond donors (Lipinski definition) is 2. The first-order chi connectivity index (χ1) is 13.6. The SMILES string of the molecule is CC.CO.Cc1ccc(SCC(=O)NC(C)c2ccc3c(c2)OCCO3)cc1. The van der Waals surface area contributed by atoms with Gasteiger partial charge in [-0.15, -0.1) is 11.8 Å². The quantitative estimate of drug-likeness (QED) is 0.723. The van der Waals surface area contributed by atoms with E-state index in [4.69, 9.17) is 14.6 Å². The summed E-state index contributed by atoms with van der Waals surface area (Å²) in [6, 6.07) is 13.9. The Bertz CT molecular complexity index is 719. The van der Waals surface area contributed by atoms with E-state index in [-0.39, 0.29) is 11.9 Å². The predicted octanol–water partition coefficient (Wildman–Crippen LogP) is 4.37. The number of thioether (sulfide) groups is 1. The first-order valence-electron chi connectivity index (χ1n) is 9.45. The lowest BCUT2D eigenvalue weighted by molar-refractivity contribution is -0.119. The average Bonchev–Trinajstić information content (AvgIpc) is 2.76. The van der Waals surface area contributed by atoms with Gasteiger partial charge >= 0.3 is 0 Å². The lowest BCUT2D eigenvalue weighted by atomic mass is 10.1. The monoisotopic (exact) mass is 405 g/mol. The van der Waals surface area contributed by atoms with E-state index in [2.05, 4.69) is 24.4 Å². The minimum Gasteiger partial charge on any atom is -0.486 e. The van der Waals surface area contributed by atoms with Gasteiger partial charge in [-0.25, -0.2) is 0 Å². The molecule has 3 rings (SSSR count). The molecule has 0 saturated heterocycles. The van der Waals surface area contributed by atoms with Crippen molar-refractivity contribution in [2.24, 2.45) is 0 Å². The van der Waals surface area contributed by atoms with Gasteiger partial charge in [-0.05, 0) is 43.7 Å². The van der Waals surface area contributed by atoms with Crippen molar-refractivity contribution in [1.29, 1.82) is 0 Å².